The molecule has 1 aliphatic carbocycles. The zero-order valence-corrected chi connectivity index (χ0v) is 17.7. The molecule has 0 aromatic rings. The van der Waals surface area contributed by atoms with Crippen LogP contribution >= 0.6 is 0 Å². The lowest BCUT2D eigenvalue weighted by atomic mass is 9.82. The summed E-state index contributed by atoms with van der Waals surface area (Å²) in [7, 11) is 2.93. The van der Waals surface area contributed by atoms with Gasteiger partial charge in [-0.2, -0.15) is 0 Å². The molecule has 0 spiro atoms. The quantitative estimate of drug-likeness (QED) is 0.648. The van der Waals surface area contributed by atoms with Gasteiger partial charge in [0.05, 0.1) is 5.71 Å². The highest BCUT2D eigenvalue weighted by molar-refractivity contribution is 6.21. The Morgan fingerprint density at radius 2 is 1.97 bits per heavy atom. The summed E-state index contributed by atoms with van der Waals surface area (Å²) in [6.07, 6.45) is 8.35. The van der Waals surface area contributed by atoms with Crippen LogP contribution in [-0.4, -0.2) is 82.7 Å². The van der Waals surface area contributed by atoms with E-state index >= 15 is 0 Å². The van der Waals surface area contributed by atoms with Gasteiger partial charge in [0.15, 0.2) is 6.54 Å². The van der Waals surface area contributed by atoms with E-state index in [1.54, 1.807) is 18.2 Å². The SMILES string of the molecule is CC(C)C1=CC(=O)NC2=CC(=NC(=O)C[N+]3=CN=C4C3C(=O)N(C)C(=O)N4C)C=CC21. The van der Waals surface area contributed by atoms with Crippen LogP contribution in [0.2, 0.25) is 0 Å². The average molecular weight is 423 g/mol. The van der Waals surface area contributed by atoms with Crippen LogP contribution < -0.4 is 5.32 Å². The number of allylic oxidation sites excluding steroid dienone is 3. The molecule has 0 radical (unpaired) electrons. The van der Waals surface area contributed by atoms with Crippen molar-refractivity contribution in [2.45, 2.75) is 19.9 Å². The predicted octanol–water partition coefficient (Wildman–Crippen LogP) is 0.0814. The number of imide groups is 1. The molecule has 4 aliphatic rings. The number of nitrogens with one attached hydrogen (secondary N) is 1. The van der Waals surface area contributed by atoms with Crippen LogP contribution in [0.1, 0.15) is 13.8 Å². The number of urea groups is 1. The van der Waals surface area contributed by atoms with Gasteiger partial charge in [0.1, 0.15) is 0 Å². The molecule has 3 aliphatic heterocycles. The van der Waals surface area contributed by atoms with Gasteiger partial charge in [0.25, 0.3) is 30.0 Å². The number of hydrogen-bond acceptors (Lipinski definition) is 5. The van der Waals surface area contributed by atoms with Gasteiger partial charge in [0, 0.05) is 31.8 Å². The molecule has 0 saturated carbocycles. The van der Waals surface area contributed by atoms with Gasteiger partial charge in [-0.25, -0.2) is 14.4 Å². The lowest BCUT2D eigenvalue weighted by Gasteiger charge is -2.30. The summed E-state index contributed by atoms with van der Waals surface area (Å²) in [6, 6.07) is -1.31. The standard InChI is InChI=1S/C21H22N6O4/c1-11(2)14-8-16(28)24-15-7-12(5-6-13(14)15)23-17(29)9-27-10-22-19-18(27)20(30)26(4)21(31)25(19)3/h5-8,10-11,13,18H,9H2,1-4H3/p+1. The number of carbonyl (C=O) groups is 4. The summed E-state index contributed by atoms with van der Waals surface area (Å²) < 4.78 is 1.47. The Kier molecular flexibility index (Phi) is 5.00. The number of carbonyl (C=O) groups excluding carboxylic acids is 4. The summed E-state index contributed by atoms with van der Waals surface area (Å²) in [6.45, 7) is 3.88. The van der Waals surface area contributed by atoms with Crippen LogP contribution in [0, 0.1) is 11.8 Å². The third-order valence-corrected chi connectivity index (χ3v) is 5.66. The van der Waals surface area contributed by atoms with Gasteiger partial charge in [-0.15, -0.1) is 0 Å². The summed E-state index contributed by atoms with van der Waals surface area (Å²) in [4.78, 5) is 59.7. The lowest BCUT2D eigenvalue weighted by molar-refractivity contribution is -0.519. The maximum atomic E-state index is 12.6. The van der Waals surface area contributed by atoms with E-state index < -0.39 is 23.9 Å². The van der Waals surface area contributed by atoms with Gasteiger partial charge >= 0.3 is 6.03 Å². The number of hydrogen-bond donors (Lipinski definition) is 1. The Labute approximate surface area is 179 Å². The van der Waals surface area contributed by atoms with E-state index in [4.69, 9.17) is 0 Å². The molecular formula is C21H23N6O4+. The fraction of sp³-hybridized carbons (Fsp3) is 0.381. The Balaban J connectivity index is 1.50. The summed E-state index contributed by atoms with van der Waals surface area (Å²) in [5.74, 6) is -0.662. The molecule has 31 heavy (non-hydrogen) atoms. The van der Waals surface area contributed by atoms with Crippen LogP contribution in [0.5, 0.6) is 0 Å². The summed E-state index contributed by atoms with van der Waals surface area (Å²) >= 11 is 0. The molecule has 0 bridgehead atoms. The predicted molar refractivity (Wildman–Crippen MR) is 113 cm³/mol. The van der Waals surface area contributed by atoms with Crippen LogP contribution in [0.3, 0.4) is 0 Å². The van der Waals surface area contributed by atoms with Crippen LogP contribution in [-0.2, 0) is 14.4 Å². The second-order valence-corrected chi connectivity index (χ2v) is 8.07. The summed E-state index contributed by atoms with van der Waals surface area (Å²) in [5, 5.41) is 2.82. The van der Waals surface area contributed by atoms with Crippen LogP contribution in [0.4, 0.5) is 4.79 Å². The van der Waals surface area contributed by atoms with Crippen molar-refractivity contribution in [2.24, 2.45) is 21.8 Å². The molecule has 10 heteroatoms. The second kappa shape index (κ2) is 7.53. The largest absolute Gasteiger partial charge is 0.333 e. The van der Waals surface area contributed by atoms with Crippen molar-refractivity contribution in [3.8, 4) is 0 Å². The van der Waals surface area contributed by atoms with Gasteiger partial charge < -0.3 is 5.32 Å². The van der Waals surface area contributed by atoms with E-state index in [-0.39, 0.29) is 30.1 Å². The zero-order valence-electron chi connectivity index (χ0n) is 17.7. The van der Waals surface area contributed by atoms with Gasteiger partial charge in [-0.3, -0.25) is 24.2 Å². The smallest absolute Gasteiger partial charge is 0.325 e. The molecular weight excluding hydrogens is 400 g/mol. The van der Waals surface area contributed by atoms with Gasteiger partial charge in [0.2, 0.25) is 5.91 Å². The number of amides is 5. The van der Waals surface area contributed by atoms with E-state index in [0.29, 0.717) is 11.4 Å². The Morgan fingerprint density at radius 1 is 1.23 bits per heavy atom. The number of fused-ring (bicyclic) bond motifs is 2. The summed E-state index contributed by atoms with van der Waals surface area (Å²) in [5.41, 5.74) is 2.11. The third-order valence-electron chi connectivity index (χ3n) is 5.66. The van der Waals surface area contributed by atoms with Crippen molar-refractivity contribution < 1.29 is 23.8 Å². The second-order valence-electron chi connectivity index (χ2n) is 8.07. The zero-order chi connectivity index (χ0) is 22.4. The number of amidine groups is 1. The van der Waals surface area contributed by atoms with E-state index in [0.717, 1.165) is 10.5 Å². The molecule has 10 nitrogen and oxygen atoms in total. The fourth-order valence-corrected chi connectivity index (χ4v) is 4.02. The minimum Gasteiger partial charge on any atom is -0.325 e. The van der Waals surface area contributed by atoms with Gasteiger partial charge in [-0.05, 0) is 28.6 Å². The molecule has 2 atom stereocenters. The van der Waals surface area contributed by atoms with Crippen molar-refractivity contribution in [2.75, 3.05) is 20.6 Å². The van der Waals surface area contributed by atoms with Crippen molar-refractivity contribution >= 4 is 41.6 Å². The molecule has 160 valence electrons. The first kappa shape index (κ1) is 20.6. The molecule has 0 aromatic heterocycles. The minimum atomic E-state index is -0.835. The molecule has 0 aromatic carbocycles. The Morgan fingerprint density at radius 3 is 2.68 bits per heavy atom. The first-order valence-corrected chi connectivity index (χ1v) is 9.93. The number of nitrogens with zero attached hydrogens (tertiary/aromatic N) is 5. The topological polar surface area (TPSA) is 115 Å². The van der Waals surface area contributed by atoms with Crippen molar-refractivity contribution in [1.29, 1.82) is 0 Å². The normalized spacial score (nSPS) is 26.4. The van der Waals surface area contributed by atoms with Crippen molar-refractivity contribution in [3.63, 3.8) is 0 Å². The monoisotopic (exact) mass is 423 g/mol. The van der Waals surface area contributed by atoms with E-state index in [2.05, 4.69) is 15.3 Å². The third kappa shape index (κ3) is 3.54. The lowest BCUT2D eigenvalue weighted by Crippen LogP contribution is -2.61. The molecule has 5 amide bonds. The van der Waals surface area contributed by atoms with E-state index in [1.807, 2.05) is 19.9 Å². The molecule has 1 fully saturated rings. The highest BCUT2D eigenvalue weighted by atomic mass is 16.2. The number of rotatable bonds is 3. The minimum absolute atomic E-state index is 0.0434. The molecule has 1 saturated heterocycles. The molecule has 3 heterocycles. The van der Waals surface area contributed by atoms with E-state index in [1.165, 1.54) is 29.9 Å². The number of likely N-dealkylation sites (N-methyl/N-ethyl adjacent to an activating group) is 2. The Hall–Kier alpha value is -3.69. The van der Waals surface area contributed by atoms with Crippen molar-refractivity contribution in [1.82, 2.24) is 15.1 Å². The first-order chi connectivity index (χ1) is 14.7. The molecule has 1 N–H and O–H groups in total. The average Bonchev–Trinajstić information content (AvgIpc) is 3.13. The highest BCUT2D eigenvalue weighted by Crippen LogP contribution is 2.31. The fourth-order valence-electron chi connectivity index (χ4n) is 4.02. The maximum absolute atomic E-state index is 12.6. The maximum Gasteiger partial charge on any atom is 0.333 e. The first-order valence-electron chi connectivity index (χ1n) is 9.93. The van der Waals surface area contributed by atoms with Crippen molar-refractivity contribution in [3.05, 3.63) is 35.6 Å². The molecule has 2 unspecified atom stereocenters. The molecule has 4 rings (SSSR count). The highest BCUT2D eigenvalue weighted by Gasteiger charge is 2.50. The van der Waals surface area contributed by atoms with Gasteiger partial charge in [-0.1, -0.05) is 19.9 Å². The van der Waals surface area contributed by atoms with Crippen LogP contribution in [0.15, 0.2) is 45.6 Å². The number of aliphatic imine (C=N–C) groups is 2. The Bertz CT molecular complexity index is 1090. The van der Waals surface area contributed by atoms with Crippen LogP contribution in [0.25, 0.3) is 0 Å². The van der Waals surface area contributed by atoms with E-state index in [9.17, 15) is 19.2 Å².